The molecular weight excluding hydrogens is 363 g/mol. The van der Waals surface area contributed by atoms with Crippen LogP contribution in [0.4, 0.5) is 11.5 Å². The van der Waals surface area contributed by atoms with Gasteiger partial charge in [-0.25, -0.2) is 0 Å². The number of carbonyl (C=O) groups excluding carboxylic acids is 1. The SMILES string of the molecule is O=C(Cn1cnc([N+](=O)[O-])c1)Nc1cccc(I)c1. The monoisotopic (exact) mass is 372 g/mol. The zero-order valence-electron chi connectivity index (χ0n) is 9.62. The summed E-state index contributed by atoms with van der Waals surface area (Å²) in [6.07, 6.45) is 2.47. The van der Waals surface area contributed by atoms with Crippen molar-refractivity contribution in [2.45, 2.75) is 6.54 Å². The minimum absolute atomic E-state index is 0.0215. The summed E-state index contributed by atoms with van der Waals surface area (Å²) in [5.74, 6) is -0.545. The fourth-order valence-corrected chi connectivity index (χ4v) is 2.00. The number of hydrogen-bond donors (Lipinski definition) is 1. The Labute approximate surface area is 121 Å². The Morgan fingerprint density at radius 3 is 2.95 bits per heavy atom. The molecule has 1 aromatic carbocycles. The summed E-state index contributed by atoms with van der Waals surface area (Å²) < 4.78 is 2.37. The molecule has 0 spiro atoms. The van der Waals surface area contributed by atoms with Crippen LogP contribution in [-0.4, -0.2) is 20.4 Å². The number of amides is 1. The van der Waals surface area contributed by atoms with Gasteiger partial charge in [-0.05, 0) is 50.7 Å². The van der Waals surface area contributed by atoms with Crippen LogP contribution in [0.15, 0.2) is 36.8 Å². The Kier molecular flexibility index (Phi) is 4.10. The molecule has 8 heteroatoms. The first-order valence-corrected chi connectivity index (χ1v) is 6.34. The van der Waals surface area contributed by atoms with E-state index in [9.17, 15) is 14.9 Å². The van der Waals surface area contributed by atoms with E-state index in [1.165, 1.54) is 17.1 Å². The topological polar surface area (TPSA) is 90.1 Å². The molecule has 0 fully saturated rings. The van der Waals surface area contributed by atoms with Gasteiger partial charge in [0.05, 0.1) is 0 Å². The van der Waals surface area contributed by atoms with Crippen LogP contribution in [0.5, 0.6) is 0 Å². The van der Waals surface area contributed by atoms with Crippen molar-refractivity contribution < 1.29 is 9.72 Å². The van der Waals surface area contributed by atoms with E-state index in [1.807, 2.05) is 18.2 Å². The van der Waals surface area contributed by atoms with Gasteiger partial charge in [-0.3, -0.25) is 4.79 Å². The molecule has 0 radical (unpaired) electrons. The van der Waals surface area contributed by atoms with Crippen molar-refractivity contribution in [1.29, 1.82) is 0 Å². The van der Waals surface area contributed by atoms with Gasteiger partial charge in [0.25, 0.3) is 0 Å². The fourth-order valence-electron chi connectivity index (χ4n) is 1.46. The first-order chi connectivity index (χ1) is 9.04. The minimum atomic E-state index is -0.603. The molecule has 0 bridgehead atoms. The maximum absolute atomic E-state index is 11.7. The predicted molar refractivity (Wildman–Crippen MR) is 76.7 cm³/mol. The number of nitro groups is 1. The third-order valence-electron chi connectivity index (χ3n) is 2.24. The number of nitrogens with zero attached hydrogens (tertiary/aromatic N) is 3. The van der Waals surface area contributed by atoms with Gasteiger partial charge in [0.2, 0.25) is 12.2 Å². The van der Waals surface area contributed by atoms with Gasteiger partial charge in [-0.2, -0.15) is 0 Å². The van der Waals surface area contributed by atoms with E-state index >= 15 is 0 Å². The van der Waals surface area contributed by atoms with E-state index in [1.54, 1.807) is 6.07 Å². The van der Waals surface area contributed by atoms with Crippen LogP contribution in [0, 0.1) is 13.7 Å². The average Bonchev–Trinajstić information content (AvgIpc) is 2.77. The van der Waals surface area contributed by atoms with E-state index < -0.39 is 4.92 Å². The van der Waals surface area contributed by atoms with Crippen LogP contribution >= 0.6 is 22.6 Å². The Bertz CT molecular complexity index is 626. The van der Waals surface area contributed by atoms with Crippen molar-refractivity contribution in [3.63, 3.8) is 0 Å². The number of rotatable bonds is 4. The van der Waals surface area contributed by atoms with Crippen LogP contribution in [0.1, 0.15) is 0 Å². The molecule has 0 atom stereocenters. The zero-order valence-corrected chi connectivity index (χ0v) is 11.8. The maximum Gasteiger partial charge on any atom is 0.381 e. The molecule has 2 rings (SSSR count). The average molecular weight is 372 g/mol. The third kappa shape index (κ3) is 3.74. The van der Waals surface area contributed by atoms with Crippen molar-refractivity contribution in [3.8, 4) is 0 Å². The first-order valence-electron chi connectivity index (χ1n) is 5.26. The molecule has 7 nitrogen and oxygen atoms in total. The van der Waals surface area contributed by atoms with Gasteiger partial charge in [0.1, 0.15) is 12.7 Å². The summed E-state index contributed by atoms with van der Waals surface area (Å²) in [6.45, 7) is -0.0215. The molecule has 1 amide bonds. The highest BCUT2D eigenvalue weighted by Crippen LogP contribution is 2.12. The molecule has 19 heavy (non-hydrogen) atoms. The van der Waals surface area contributed by atoms with E-state index in [0.29, 0.717) is 5.69 Å². The summed E-state index contributed by atoms with van der Waals surface area (Å²) in [6, 6.07) is 7.35. The standard InChI is InChI=1S/C11H9IN4O3/c12-8-2-1-3-9(4-8)14-11(17)6-15-5-10(13-7-15)16(18)19/h1-5,7H,6H2,(H,14,17). The number of nitrogens with one attached hydrogen (secondary N) is 1. The summed E-state index contributed by atoms with van der Waals surface area (Å²) in [5, 5.41) is 13.2. The third-order valence-corrected chi connectivity index (χ3v) is 2.91. The highest BCUT2D eigenvalue weighted by molar-refractivity contribution is 14.1. The Morgan fingerprint density at radius 1 is 1.53 bits per heavy atom. The number of benzene rings is 1. The van der Waals surface area contributed by atoms with Crippen LogP contribution in [0.2, 0.25) is 0 Å². The highest BCUT2D eigenvalue weighted by atomic mass is 127. The van der Waals surface area contributed by atoms with E-state index in [-0.39, 0.29) is 18.3 Å². The van der Waals surface area contributed by atoms with E-state index in [4.69, 9.17) is 0 Å². The number of aromatic nitrogens is 2. The van der Waals surface area contributed by atoms with Crippen molar-refractivity contribution in [2.75, 3.05) is 5.32 Å². The molecule has 1 heterocycles. The molecular formula is C11H9IN4O3. The molecule has 1 aromatic heterocycles. The Hall–Kier alpha value is -1.97. The van der Waals surface area contributed by atoms with Gasteiger partial charge in [-0.15, -0.1) is 0 Å². The normalized spacial score (nSPS) is 10.2. The van der Waals surface area contributed by atoms with E-state index in [2.05, 4.69) is 32.9 Å². The quantitative estimate of drug-likeness (QED) is 0.505. The molecule has 1 N–H and O–H groups in total. The molecule has 0 saturated heterocycles. The van der Waals surface area contributed by atoms with Crippen molar-refractivity contribution in [3.05, 3.63) is 50.5 Å². The molecule has 98 valence electrons. The van der Waals surface area contributed by atoms with Gasteiger partial charge in [0.15, 0.2) is 0 Å². The predicted octanol–water partition coefficient (Wildman–Crippen LogP) is 2.03. The second-order valence-corrected chi connectivity index (χ2v) is 4.97. The molecule has 0 aliphatic carbocycles. The summed E-state index contributed by atoms with van der Waals surface area (Å²) in [4.78, 5) is 25.2. The van der Waals surface area contributed by atoms with Crippen molar-refractivity contribution in [2.24, 2.45) is 0 Å². The maximum atomic E-state index is 11.7. The van der Waals surface area contributed by atoms with Crippen LogP contribution in [0.3, 0.4) is 0 Å². The van der Waals surface area contributed by atoms with Crippen molar-refractivity contribution in [1.82, 2.24) is 9.55 Å². The summed E-state index contributed by atoms with van der Waals surface area (Å²) in [7, 11) is 0. The zero-order chi connectivity index (χ0) is 13.8. The number of halogens is 1. The number of hydrogen-bond acceptors (Lipinski definition) is 4. The van der Waals surface area contributed by atoms with Crippen LogP contribution < -0.4 is 5.32 Å². The second kappa shape index (κ2) is 5.78. The smallest absolute Gasteiger partial charge is 0.358 e. The van der Waals surface area contributed by atoms with Gasteiger partial charge in [0, 0.05) is 9.26 Å². The van der Waals surface area contributed by atoms with Crippen LogP contribution in [0.25, 0.3) is 0 Å². The lowest BCUT2D eigenvalue weighted by Gasteiger charge is -2.05. The molecule has 2 aromatic rings. The lowest BCUT2D eigenvalue weighted by Crippen LogP contribution is -2.17. The lowest BCUT2D eigenvalue weighted by molar-refractivity contribution is -0.389. The van der Waals surface area contributed by atoms with Crippen molar-refractivity contribution >= 4 is 40.0 Å². The van der Waals surface area contributed by atoms with E-state index in [0.717, 1.165) is 3.57 Å². The fraction of sp³-hybridized carbons (Fsp3) is 0.0909. The minimum Gasteiger partial charge on any atom is -0.358 e. The number of carbonyl (C=O) groups is 1. The second-order valence-electron chi connectivity index (χ2n) is 3.72. The molecule has 0 aliphatic heterocycles. The first kappa shape index (κ1) is 13.5. The molecule has 0 unspecified atom stereocenters. The van der Waals surface area contributed by atoms with Gasteiger partial charge >= 0.3 is 5.82 Å². The Balaban J connectivity index is 1.99. The lowest BCUT2D eigenvalue weighted by atomic mass is 10.3. The Morgan fingerprint density at radius 2 is 2.32 bits per heavy atom. The van der Waals surface area contributed by atoms with Gasteiger partial charge in [-0.1, -0.05) is 6.07 Å². The largest absolute Gasteiger partial charge is 0.381 e. The van der Waals surface area contributed by atoms with Crippen LogP contribution in [-0.2, 0) is 11.3 Å². The molecule has 0 aliphatic rings. The number of imidazole rings is 1. The summed E-state index contributed by atoms with van der Waals surface area (Å²) in [5.41, 5.74) is 0.687. The number of anilines is 1. The molecule has 0 saturated carbocycles. The highest BCUT2D eigenvalue weighted by Gasteiger charge is 2.12. The van der Waals surface area contributed by atoms with Gasteiger partial charge < -0.3 is 20.0 Å². The summed E-state index contributed by atoms with van der Waals surface area (Å²) >= 11 is 2.14.